The number of benzene rings is 3. The molecule has 2 N–H and O–H groups in total. The third-order valence-electron chi connectivity index (χ3n) is 4.79. The Morgan fingerprint density at radius 2 is 1.54 bits per heavy atom. The SMILES string of the molecule is CC(c1ccccc1)c1c(C(N)=O)sc2cccc(-c3ccccc3)c12. The molecule has 0 saturated carbocycles. The highest BCUT2D eigenvalue weighted by atomic mass is 32.1. The average molecular weight is 357 g/mol. The summed E-state index contributed by atoms with van der Waals surface area (Å²) in [4.78, 5) is 12.9. The lowest BCUT2D eigenvalue weighted by Crippen LogP contribution is -2.12. The first-order valence-corrected chi connectivity index (χ1v) is 9.44. The zero-order valence-electron chi connectivity index (χ0n) is 14.5. The molecule has 0 bridgehead atoms. The summed E-state index contributed by atoms with van der Waals surface area (Å²) in [5.41, 5.74) is 10.3. The van der Waals surface area contributed by atoms with E-state index in [4.69, 9.17) is 5.73 Å². The smallest absolute Gasteiger partial charge is 0.259 e. The van der Waals surface area contributed by atoms with Crippen LogP contribution in [0.2, 0.25) is 0 Å². The fraction of sp³-hybridized carbons (Fsp3) is 0.0870. The maximum absolute atomic E-state index is 12.2. The van der Waals surface area contributed by atoms with Gasteiger partial charge in [-0.15, -0.1) is 11.3 Å². The van der Waals surface area contributed by atoms with Crippen molar-refractivity contribution >= 4 is 27.3 Å². The summed E-state index contributed by atoms with van der Waals surface area (Å²) in [6, 6.07) is 26.8. The molecule has 1 heterocycles. The van der Waals surface area contributed by atoms with Crippen molar-refractivity contribution in [2.75, 3.05) is 0 Å². The molecule has 0 radical (unpaired) electrons. The van der Waals surface area contributed by atoms with Gasteiger partial charge in [-0.25, -0.2) is 0 Å². The van der Waals surface area contributed by atoms with Gasteiger partial charge in [-0.1, -0.05) is 79.7 Å². The van der Waals surface area contributed by atoms with Crippen LogP contribution in [0.3, 0.4) is 0 Å². The van der Waals surface area contributed by atoms with Gasteiger partial charge in [0.25, 0.3) is 5.91 Å². The molecule has 0 spiro atoms. The molecule has 4 aromatic rings. The van der Waals surface area contributed by atoms with E-state index < -0.39 is 0 Å². The number of amides is 1. The van der Waals surface area contributed by atoms with Crippen LogP contribution in [-0.4, -0.2) is 5.91 Å². The molecule has 0 aliphatic heterocycles. The molecule has 1 unspecified atom stereocenters. The van der Waals surface area contributed by atoms with Crippen molar-refractivity contribution in [3.63, 3.8) is 0 Å². The molecule has 128 valence electrons. The first-order valence-electron chi connectivity index (χ1n) is 8.62. The number of rotatable bonds is 4. The molecular formula is C23H19NOS. The largest absolute Gasteiger partial charge is 0.365 e. The number of thiophene rings is 1. The third kappa shape index (κ3) is 2.80. The summed E-state index contributed by atoms with van der Waals surface area (Å²) in [6.45, 7) is 2.14. The van der Waals surface area contributed by atoms with E-state index in [1.54, 1.807) is 0 Å². The molecule has 4 rings (SSSR count). The number of carbonyl (C=O) groups is 1. The van der Waals surface area contributed by atoms with Crippen molar-refractivity contribution < 1.29 is 4.79 Å². The van der Waals surface area contributed by atoms with Gasteiger partial charge in [0.1, 0.15) is 0 Å². The van der Waals surface area contributed by atoms with Gasteiger partial charge in [0.05, 0.1) is 4.88 Å². The van der Waals surface area contributed by atoms with Crippen LogP contribution in [0.25, 0.3) is 21.2 Å². The van der Waals surface area contributed by atoms with Crippen LogP contribution in [0.5, 0.6) is 0 Å². The number of carbonyl (C=O) groups excluding carboxylic acids is 1. The lowest BCUT2D eigenvalue weighted by Gasteiger charge is -2.15. The second-order valence-corrected chi connectivity index (χ2v) is 7.44. The highest BCUT2D eigenvalue weighted by Crippen LogP contribution is 2.43. The van der Waals surface area contributed by atoms with Gasteiger partial charge in [-0.3, -0.25) is 4.79 Å². The fourth-order valence-corrected chi connectivity index (χ4v) is 4.71. The number of primary amides is 1. The molecule has 0 saturated heterocycles. The summed E-state index contributed by atoms with van der Waals surface area (Å²) < 4.78 is 1.10. The van der Waals surface area contributed by atoms with Gasteiger partial charge >= 0.3 is 0 Å². The molecule has 0 fully saturated rings. The maximum atomic E-state index is 12.2. The van der Waals surface area contributed by atoms with E-state index in [-0.39, 0.29) is 11.8 Å². The Morgan fingerprint density at radius 1 is 0.885 bits per heavy atom. The van der Waals surface area contributed by atoms with E-state index in [1.807, 2.05) is 42.5 Å². The van der Waals surface area contributed by atoms with E-state index in [0.29, 0.717) is 4.88 Å². The minimum atomic E-state index is -0.358. The predicted molar refractivity (Wildman–Crippen MR) is 110 cm³/mol. The van der Waals surface area contributed by atoms with Crippen molar-refractivity contribution in [3.8, 4) is 11.1 Å². The minimum absolute atomic E-state index is 0.0808. The van der Waals surface area contributed by atoms with E-state index in [1.165, 1.54) is 16.9 Å². The maximum Gasteiger partial charge on any atom is 0.259 e. The number of hydrogen-bond acceptors (Lipinski definition) is 2. The zero-order valence-corrected chi connectivity index (χ0v) is 15.3. The molecule has 1 aromatic heterocycles. The first-order chi connectivity index (χ1) is 12.7. The second-order valence-electron chi connectivity index (χ2n) is 6.39. The van der Waals surface area contributed by atoms with Crippen molar-refractivity contribution in [2.45, 2.75) is 12.8 Å². The Hall–Kier alpha value is -2.91. The number of fused-ring (bicyclic) bond motifs is 1. The quantitative estimate of drug-likeness (QED) is 0.491. The van der Waals surface area contributed by atoms with Gasteiger partial charge in [0.15, 0.2) is 0 Å². The van der Waals surface area contributed by atoms with Crippen LogP contribution in [-0.2, 0) is 0 Å². The van der Waals surface area contributed by atoms with Crippen molar-refractivity contribution in [1.82, 2.24) is 0 Å². The minimum Gasteiger partial charge on any atom is -0.365 e. The van der Waals surface area contributed by atoms with Gasteiger partial charge in [0.2, 0.25) is 0 Å². The Morgan fingerprint density at radius 3 is 2.19 bits per heavy atom. The molecule has 0 aliphatic carbocycles. The summed E-state index contributed by atoms with van der Waals surface area (Å²) in [7, 11) is 0. The topological polar surface area (TPSA) is 43.1 Å². The lowest BCUT2D eigenvalue weighted by atomic mass is 9.88. The Labute approximate surface area is 156 Å². The molecule has 3 heteroatoms. The number of hydrogen-bond donors (Lipinski definition) is 1. The van der Waals surface area contributed by atoms with Gasteiger partial charge in [0, 0.05) is 16.0 Å². The lowest BCUT2D eigenvalue weighted by molar-refractivity contribution is 0.100. The predicted octanol–water partition coefficient (Wildman–Crippen LogP) is 5.82. The summed E-state index contributed by atoms with van der Waals surface area (Å²) in [5.74, 6) is -0.277. The van der Waals surface area contributed by atoms with Crippen molar-refractivity contribution in [1.29, 1.82) is 0 Å². The fourth-order valence-electron chi connectivity index (χ4n) is 3.54. The summed E-state index contributed by atoms with van der Waals surface area (Å²) in [6.07, 6.45) is 0. The van der Waals surface area contributed by atoms with Gasteiger partial charge < -0.3 is 5.73 Å². The van der Waals surface area contributed by atoms with Gasteiger partial charge in [-0.2, -0.15) is 0 Å². The Balaban J connectivity index is 2.04. The summed E-state index contributed by atoms with van der Waals surface area (Å²) >= 11 is 1.49. The normalized spacial score (nSPS) is 12.2. The Kier molecular flexibility index (Phi) is 4.31. The van der Waals surface area contributed by atoms with Crippen molar-refractivity contribution in [3.05, 3.63) is 94.9 Å². The average Bonchev–Trinajstić information content (AvgIpc) is 3.09. The van der Waals surface area contributed by atoms with Crippen LogP contribution >= 0.6 is 11.3 Å². The van der Waals surface area contributed by atoms with Crippen LogP contribution in [0.1, 0.15) is 33.6 Å². The molecule has 0 aliphatic rings. The standard InChI is InChI=1S/C23H19NOS/c1-15(16-9-4-2-5-10-16)20-21-18(17-11-6-3-7-12-17)13-8-14-19(21)26-22(20)23(24)25/h2-15H,1H3,(H2,24,25). The van der Waals surface area contributed by atoms with Crippen LogP contribution < -0.4 is 5.73 Å². The van der Waals surface area contributed by atoms with Crippen LogP contribution in [0.15, 0.2) is 78.9 Å². The molecule has 26 heavy (non-hydrogen) atoms. The van der Waals surface area contributed by atoms with Crippen LogP contribution in [0, 0.1) is 0 Å². The molecular weight excluding hydrogens is 338 g/mol. The first kappa shape index (κ1) is 16.6. The zero-order chi connectivity index (χ0) is 18.1. The Bertz CT molecular complexity index is 1070. The third-order valence-corrected chi connectivity index (χ3v) is 5.98. The summed E-state index contributed by atoms with van der Waals surface area (Å²) in [5, 5.41) is 1.13. The van der Waals surface area contributed by atoms with Gasteiger partial charge in [-0.05, 0) is 28.3 Å². The number of nitrogens with two attached hydrogens (primary N) is 1. The van der Waals surface area contributed by atoms with Crippen molar-refractivity contribution in [2.24, 2.45) is 5.73 Å². The molecule has 3 aromatic carbocycles. The highest BCUT2D eigenvalue weighted by molar-refractivity contribution is 7.21. The van der Waals surface area contributed by atoms with E-state index in [9.17, 15) is 4.79 Å². The monoisotopic (exact) mass is 357 g/mol. The molecule has 2 nitrogen and oxygen atoms in total. The van der Waals surface area contributed by atoms with Crippen LogP contribution in [0.4, 0.5) is 0 Å². The second kappa shape index (κ2) is 6.77. The van der Waals surface area contributed by atoms with E-state index in [0.717, 1.165) is 26.8 Å². The molecule has 1 amide bonds. The molecule has 1 atom stereocenters. The highest BCUT2D eigenvalue weighted by Gasteiger charge is 2.24. The van der Waals surface area contributed by atoms with E-state index >= 15 is 0 Å². The van der Waals surface area contributed by atoms with E-state index in [2.05, 4.69) is 43.3 Å².